The lowest BCUT2D eigenvalue weighted by molar-refractivity contribution is -0.154. The van der Waals surface area contributed by atoms with Gasteiger partial charge in [0.1, 0.15) is 16.9 Å². The van der Waals surface area contributed by atoms with Gasteiger partial charge >= 0.3 is 5.97 Å². The van der Waals surface area contributed by atoms with Crippen molar-refractivity contribution in [3.63, 3.8) is 0 Å². The van der Waals surface area contributed by atoms with E-state index in [0.717, 1.165) is 30.0 Å². The molecule has 2 aliphatic rings. The molecule has 35 heavy (non-hydrogen) atoms. The Morgan fingerprint density at radius 1 is 1.26 bits per heavy atom. The summed E-state index contributed by atoms with van der Waals surface area (Å²) in [6.07, 6.45) is 3.51. The van der Waals surface area contributed by atoms with E-state index < -0.39 is 35.6 Å². The van der Waals surface area contributed by atoms with Crippen molar-refractivity contribution in [2.75, 3.05) is 0 Å². The number of hydrogen-bond acceptors (Lipinski definition) is 9. The van der Waals surface area contributed by atoms with Crippen LogP contribution >= 0.6 is 11.3 Å². The van der Waals surface area contributed by atoms with Gasteiger partial charge in [-0.2, -0.15) is 0 Å². The van der Waals surface area contributed by atoms with Crippen molar-refractivity contribution in [2.45, 2.75) is 103 Å². The molecule has 1 aromatic heterocycles. The topological polar surface area (TPSA) is 135 Å². The number of aromatic nitrogens is 1. The lowest BCUT2D eigenvalue weighted by Gasteiger charge is -2.34. The molecule has 3 rings (SSSR count). The van der Waals surface area contributed by atoms with Crippen molar-refractivity contribution < 1.29 is 29.3 Å². The molecule has 1 aromatic rings. The number of ether oxygens (including phenoxy) is 2. The zero-order valence-corrected chi connectivity index (χ0v) is 22.2. The van der Waals surface area contributed by atoms with Gasteiger partial charge < -0.3 is 25.4 Å². The van der Waals surface area contributed by atoms with Crippen LogP contribution in [0.15, 0.2) is 11.5 Å². The maximum atomic E-state index is 13.2. The second-order valence-corrected chi connectivity index (χ2v) is 11.8. The molecule has 8 nitrogen and oxygen atoms in total. The number of aliphatic hydroxyl groups is 2. The van der Waals surface area contributed by atoms with Gasteiger partial charge in [0.25, 0.3) is 0 Å². The van der Waals surface area contributed by atoms with E-state index in [2.05, 4.69) is 11.9 Å². The summed E-state index contributed by atoms with van der Waals surface area (Å²) in [5.74, 6) is -1.60. The minimum Gasteiger partial charge on any atom is -0.458 e. The fraction of sp³-hybridized carbons (Fsp3) is 0.731. The fourth-order valence-corrected chi connectivity index (χ4v) is 5.50. The van der Waals surface area contributed by atoms with Crippen LogP contribution in [0.25, 0.3) is 6.08 Å². The molecule has 0 spiro atoms. The number of carbonyl (C=O) groups is 2. The zero-order chi connectivity index (χ0) is 26.0. The van der Waals surface area contributed by atoms with Gasteiger partial charge in [-0.3, -0.25) is 9.59 Å². The number of nitrogens with zero attached hydrogens (tertiary/aromatic N) is 1. The van der Waals surface area contributed by atoms with Crippen LogP contribution in [0.3, 0.4) is 0 Å². The van der Waals surface area contributed by atoms with Crippen molar-refractivity contribution in [3.05, 3.63) is 22.2 Å². The Kier molecular flexibility index (Phi) is 8.91. The molecular formula is C26H40N2O6S. The second kappa shape index (κ2) is 11.2. The highest BCUT2D eigenvalue weighted by Gasteiger charge is 2.52. The molecule has 9 heteroatoms. The Labute approximate surface area is 211 Å². The van der Waals surface area contributed by atoms with Crippen molar-refractivity contribution in [2.24, 2.45) is 23.0 Å². The number of carbonyl (C=O) groups excluding carboxylic acids is 2. The molecule has 0 aromatic carbocycles. The summed E-state index contributed by atoms with van der Waals surface area (Å²) in [5, 5.41) is 24.3. The molecule has 2 saturated heterocycles. The molecule has 0 radical (unpaired) electrons. The quantitative estimate of drug-likeness (QED) is 0.418. The summed E-state index contributed by atoms with van der Waals surface area (Å²) >= 11 is 1.47. The molecule has 2 fully saturated rings. The second-order valence-electron chi connectivity index (χ2n) is 10.9. The number of aliphatic hydroxyl groups excluding tert-OH is 2. The van der Waals surface area contributed by atoms with Gasteiger partial charge in [-0.15, -0.1) is 11.3 Å². The average molecular weight is 509 g/mol. The Morgan fingerprint density at radius 3 is 2.63 bits per heavy atom. The zero-order valence-electron chi connectivity index (χ0n) is 21.4. The van der Waals surface area contributed by atoms with Gasteiger partial charge in [0.2, 0.25) is 0 Å². The molecule has 2 aliphatic heterocycles. The monoisotopic (exact) mass is 508 g/mol. The van der Waals surface area contributed by atoms with E-state index in [4.69, 9.17) is 15.2 Å². The third-order valence-electron chi connectivity index (χ3n) is 7.66. The number of hydrogen-bond donors (Lipinski definition) is 3. The van der Waals surface area contributed by atoms with Crippen LogP contribution in [0.1, 0.15) is 77.4 Å². The summed E-state index contributed by atoms with van der Waals surface area (Å²) in [6, 6.07) is 0. The number of epoxide rings is 1. The molecule has 2 unspecified atom stereocenters. The first kappa shape index (κ1) is 27.9. The number of rotatable bonds is 3. The van der Waals surface area contributed by atoms with Crippen LogP contribution in [0.2, 0.25) is 0 Å². The van der Waals surface area contributed by atoms with E-state index in [0.29, 0.717) is 13.0 Å². The van der Waals surface area contributed by atoms with E-state index in [-0.39, 0.29) is 29.8 Å². The number of cyclic esters (lactones) is 1. The first-order valence-corrected chi connectivity index (χ1v) is 13.4. The summed E-state index contributed by atoms with van der Waals surface area (Å²) in [4.78, 5) is 30.4. The number of nitrogens with two attached hydrogens (primary N) is 1. The standard InChI is InChI=1S/C26H40N2O6S/c1-15-7-6-10-26(5)20(34-26)11-18(9-8-17-14-35-21(13-27)28-17)33-22(30)12-19(29)25(3,4)24(32)16(2)23(15)31/h8-9,14-16,18-20,23,29,31H,6-7,10-13,27H2,1-5H3/t15-,16?,18+,19?,20-,23-,26+/m0/s1. The summed E-state index contributed by atoms with van der Waals surface area (Å²) < 4.78 is 11.7. The van der Waals surface area contributed by atoms with Crippen molar-refractivity contribution in [1.82, 2.24) is 4.98 Å². The highest BCUT2D eigenvalue weighted by atomic mass is 32.1. The van der Waals surface area contributed by atoms with Crippen LogP contribution in [-0.2, 0) is 25.6 Å². The minimum absolute atomic E-state index is 0.0602. The fourth-order valence-electron chi connectivity index (χ4n) is 4.86. The molecule has 0 saturated carbocycles. The molecule has 0 bridgehead atoms. The van der Waals surface area contributed by atoms with E-state index in [1.54, 1.807) is 32.9 Å². The number of fused-ring (bicyclic) bond motifs is 1. The van der Waals surface area contributed by atoms with Crippen molar-refractivity contribution in [1.29, 1.82) is 0 Å². The van der Waals surface area contributed by atoms with Gasteiger partial charge in [-0.1, -0.05) is 34.1 Å². The Bertz CT molecular complexity index is 931. The smallest absolute Gasteiger partial charge is 0.309 e. The molecular weight excluding hydrogens is 468 g/mol. The number of ketones is 1. The number of Topliss-reactive ketones (excluding diaryl/α,β-unsaturated/α-hetero) is 1. The summed E-state index contributed by atoms with van der Waals surface area (Å²) in [6.45, 7) is 9.28. The Balaban J connectivity index is 1.80. The normalized spacial score (nSPS) is 37.1. The van der Waals surface area contributed by atoms with Gasteiger partial charge in [0.15, 0.2) is 0 Å². The maximum absolute atomic E-state index is 13.2. The predicted molar refractivity (Wildman–Crippen MR) is 134 cm³/mol. The molecule has 4 N–H and O–H groups in total. The van der Waals surface area contributed by atoms with Crippen molar-refractivity contribution >= 4 is 29.2 Å². The van der Waals surface area contributed by atoms with Crippen LogP contribution in [-0.4, -0.2) is 57.0 Å². The molecule has 0 aliphatic carbocycles. The summed E-state index contributed by atoms with van der Waals surface area (Å²) in [5.41, 5.74) is 4.87. The SMILES string of the molecule is CC1C(=O)C(C)(C)C(O)CC(=O)O[C@H](C=Cc2csc(CN)n2)C[C@@H]2O[C@]2(C)CCC[C@H](C)[C@@H]1O. The first-order chi connectivity index (χ1) is 16.4. The summed E-state index contributed by atoms with van der Waals surface area (Å²) in [7, 11) is 0. The van der Waals surface area contributed by atoms with E-state index in [1.165, 1.54) is 11.3 Å². The van der Waals surface area contributed by atoms with Crippen LogP contribution < -0.4 is 5.73 Å². The van der Waals surface area contributed by atoms with Gasteiger partial charge in [0, 0.05) is 24.3 Å². The highest BCUT2D eigenvalue weighted by Crippen LogP contribution is 2.44. The number of esters is 1. The van der Waals surface area contributed by atoms with Gasteiger partial charge in [-0.05, 0) is 37.8 Å². The lowest BCUT2D eigenvalue weighted by Crippen LogP contribution is -2.45. The predicted octanol–water partition coefficient (Wildman–Crippen LogP) is 3.24. The largest absolute Gasteiger partial charge is 0.458 e. The first-order valence-electron chi connectivity index (χ1n) is 12.5. The maximum Gasteiger partial charge on any atom is 0.309 e. The third kappa shape index (κ3) is 6.77. The Morgan fingerprint density at radius 2 is 1.97 bits per heavy atom. The third-order valence-corrected chi connectivity index (χ3v) is 8.55. The lowest BCUT2D eigenvalue weighted by atomic mass is 9.73. The average Bonchev–Trinajstić information content (AvgIpc) is 3.20. The van der Waals surface area contributed by atoms with Gasteiger partial charge in [0.05, 0.1) is 41.4 Å². The van der Waals surface area contributed by atoms with Crippen molar-refractivity contribution in [3.8, 4) is 0 Å². The van der Waals surface area contributed by atoms with Crippen LogP contribution in [0.5, 0.6) is 0 Å². The van der Waals surface area contributed by atoms with Crippen LogP contribution in [0, 0.1) is 17.3 Å². The van der Waals surface area contributed by atoms with Crippen LogP contribution in [0.4, 0.5) is 0 Å². The molecule has 3 heterocycles. The number of thiazole rings is 1. The van der Waals surface area contributed by atoms with E-state index >= 15 is 0 Å². The molecule has 7 atom stereocenters. The Hall–Kier alpha value is -1.65. The highest BCUT2D eigenvalue weighted by molar-refractivity contribution is 7.09. The molecule has 196 valence electrons. The minimum atomic E-state index is -1.24. The molecule has 0 amide bonds. The van der Waals surface area contributed by atoms with E-state index in [9.17, 15) is 19.8 Å². The van der Waals surface area contributed by atoms with E-state index in [1.807, 2.05) is 12.3 Å². The van der Waals surface area contributed by atoms with Gasteiger partial charge in [-0.25, -0.2) is 4.98 Å².